The fraction of sp³-hybridized carbons (Fsp3) is 0.105. The maximum absolute atomic E-state index is 6.30. The Bertz CT molecular complexity index is 795. The number of aliphatic imine (C=N–C) groups is 1. The summed E-state index contributed by atoms with van der Waals surface area (Å²) < 4.78 is 0. The Kier molecular flexibility index (Phi) is 3.76. The van der Waals surface area contributed by atoms with Crippen molar-refractivity contribution in [1.82, 2.24) is 15.6 Å². The van der Waals surface area contributed by atoms with Gasteiger partial charge in [-0.15, -0.1) is 0 Å². The molecular weight excluding hydrogens is 298 g/mol. The fourth-order valence-corrected chi connectivity index (χ4v) is 2.94. The van der Waals surface area contributed by atoms with Crippen molar-refractivity contribution < 1.29 is 0 Å². The molecule has 4 N–H and O–H groups in total. The summed E-state index contributed by atoms with van der Waals surface area (Å²) in [7, 11) is 0. The first-order chi connectivity index (χ1) is 11.8. The molecule has 0 amide bonds. The summed E-state index contributed by atoms with van der Waals surface area (Å²) in [6.45, 7) is 0. The lowest BCUT2D eigenvalue weighted by Crippen LogP contribution is -2.36. The smallest absolute Gasteiger partial charge is 0.144 e. The number of hydrogen-bond donors (Lipinski definition) is 3. The van der Waals surface area contributed by atoms with Crippen molar-refractivity contribution >= 4 is 6.21 Å². The molecule has 2 aromatic carbocycles. The predicted molar refractivity (Wildman–Crippen MR) is 95.3 cm³/mol. The Morgan fingerprint density at radius 1 is 0.833 bits per heavy atom. The molecule has 0 saturated carbocycles. The van der Waals surface area contributed by atoms with Gasteiger partial charge in [-0.3, -0.25) is 10.0 Å². The average molecular weight is 317 g/mol. The van der Waals surface area contributed by atoms with Crippen LogP contribution in [-0.2, 0) is 0 Å². The molecule has 4 rings (SSSR count). The van der Waals surface area contributed by atoms with Crippen LogP contribution in [0.1, 0.15) is 23.5 Å². The molecule has 0 aliphatic carbocycles. The molecule has 2 aromatic rings. The second-order valence-corrected chi connectivity index (χ2v) is 5.77. The molecule has 0 bridgehead atoms. The molecule has 2 heterocycles. The second-order valence-electron chi connectivity index (χ2n) is 5.77. The third-order valence-corrected chi connectivity index (χ3v) is 4.22. The molecule has 2 aliphatic heterocycles. The first-order valence-electron chi connectivity index (χ1n) is 7.93. The highest BCUT2D eigenvalue weighted by molar-refractivity contribution is 5.85. The zero-order valence-electron chi connectivity index (χ0n) is 13.1. The molecule has 2 aliphatic rings. The average Bonchev–Trinajstić information content (AvgIpc) is 3.05. The standard InChI is InChI=1S/C19H19N5/c20-24-17(13-23-19(24)15-9-5-2-6-10-15)16-11-21-18(22-12-16)14-7-3-1-4-8-14/h1-13,18-19,21,23H,20H2. The summed E-state index contributed by atoms with van der Waals surface area (Å²) in [4.78, 5) is 4.60. The van der Waals surface area contributed by atoms with E-state index in [2.05, 4.69) is 39.9 Å². The lowest BCUT2D eigenvalue weighted by atomic mass is 10.1. The third kappa shape index (κ3) is 2.66. The molecule has 24 heavy (non-hydrogen) atoms. The molecule has 120 valence electrons. The van der Waals surface area contributed by atoms with Gasteiger partial charge < -0.3 is 10.6 Å². The van der Waals surface area contributed by atoms with Crippen LogP contribution in [0.4, 0.5) is 0 Å². The largest absolute Gasteiger partial charge is 0.365 e. The summed E-state index contributed by atoms with van der Waals surface area (Å²) in [6.07, 6.45) is 5.64. The summed E-state index contributed by atoms with van der Waals surface area (Å²) in [5.74, 6) is 6.30. The van der Waals surface area contributed by atoms with E-state index in [1.165, 1.54) is 0 Å². The fourth-order valence-electron chi connectivity index (χ4n) is 2.94. The highest BCUT2D eigenvalue weighted by Gasteiger charge is 2.27. The monoisotopic (exact) mass is 317 g/mol. The Morgan fingerprint density at radius 3 is 2.12 bits per heavy atom. The molecule has 0 saturated heterocycles. The lowest BCUT2D eigenvalue weighted by Gasteiger charge is -2.26. The highest BCUT2D eigenvalue weighted by atomic mass is 15.5. The lowest BCUT2D eigenvalue weighted by molar-refractivity contribution is 0.277. The van der Waals surface area contributed by atoms with Gasteiger partial charge in [-0.25, -0.2) is 5.84 Å². The minimum absolute atomic E-state index is 0.0546. The number of rotatable bonds is 3. The van der Waals surface area contributed by atoms with E-state index >= 15 is 0 Å². The predicted octanol–water partition coefficient (Wildman–Crippen LogP) is 2.56. The number of allylic oxidation sites excluding steroid dienone is 1. The van der Waals surface area contributed by atoms with Crippen molar-refractivity contribution in [3.8, 4) is 0 Å². The first kappa shape index (κ1) is 14.5. The van der Waals surface area contributed by atoms with E-state index in [1.807, 2.05) is 55.0 Å². The SMILES string of the molecule is NN1C(C2=CNC(c3ccccc3)N=C2)=CNC1c1ccccc1. The molecule has 0 fully saturated rings. The van der Waals surface area contributed by atoms with Crippen LogP contribution in [0.15, 0.2) is 89.3 Å². The van der Waals surface area contributed by atoms with E-state index in [1.54, 1.807) is 5.01 Å². The van der Waals surface area contributed by atoms with Crippen molar-refractivity contribution in [1.29, 1.82) is 0 Å². The molecule has 5 nitrogen and oxygen atoms in total. The Labute approximate surface area is 141 Å². The number of nitrogens with two attached hydrogens (primary N) is 1. The van der Waals surface area contributed by atoms with E-state index < -0.39 is 0 Å². The van der Waals surface area contributed by atoms with Crippen molar-refractivity contribution in [2.45, 2.75) is 12.3 Å². The van der Waals surface area contributed by atoms with Crippen LogP contribution in [0.5, 0.6) is 0 Å². The molecule has 0 spiro atoms. The van der Waals surface area contributed by atoms with Crippen LogP contribution in [0.3, 0.4) is 0 Å². The zero-order valence-corrected chi connectivity index (χ0v) is 13.1. The van der Waals surface area contributed by atoms with Crippen molar-refractivity contribution in [3.05, 3.63) is 95.5 Å². The van der Waals surface area contributed by atoms with E-state index in [0.29, 0.717) is 0 Å². The number of nitrogens with zero attached hydrogens (tertiary/aromatic N) is 2. The van der Waals surface area contributed by atoms with Gasteiger partial charge in [-0.05, 0) is 11.1 Å². The molecule has 5 heteroatoms. The van der Waals surface area contributed by atoms with Gasteiger partial charge >= 0.3 is 0 Å². The van der Waals surface area contributed by atoms with Gasteiger partial charge in [0.1, 0.15) is 12.3 Å². The van der Waals surface area contributed by atoms with Crippen LogP contribution >= 0.6 is 0 Å². The quantitative estimate of drug-likeness (QED) is 0.761. The minimum Gasteiger partial charge on any atom is -0.365 e. The Balaban J connectivity index is 1.48. The number of hydrogen-bond acceptors (Lipinski definition) is 5. The Morgan fingerprint density at radius 2 is 1.50 bits per heavy atom. The van der Waals surface area contributed by atoms with E-state index in [4.69, 9.17) is 5.84 Å². The topological polar surface area (TPSA) is 65.7 Å². The van der Waals surface area contributed by atoms with Gasteiger partial charge in [0.05, 0.1) is 5.70 Å². The summed E-state index contributed by atoms with van der Waals surface area (Å²) in [6, 6.07) is 20.3. The second kappa shape index (κ2) is 6.22. The van der Waals surface area contributed by atoms with Gasteiger partial charge in [-0.1, -0.05) is 60.7 Å². The van der Waals surface area contributed by atoms with E-state index in [0.717, 1.165) is 22.4 Å². The summed E-state index contributed by atoms with van der Waals surface area (Å²) in [5.41, 5.74) is 4.12. The molecular formula is C19H19N5. The summed E-state index contributed by atoms with van der Waals surface area (Å²) >= 11 is 0. The normalized spacial score (nSPS) is 22.5. The maximum Gasteiger partial charge on any atom is 0.144 e. The number of hydrazine groups is 1. The van der Waals surface area contributed by atoms with Crippen LogP contribution in [0, 0.1) is 0 Å². The molecule has 2 atom stereocenters. The van der Waals surface area contributed by atoms with E-state index in [9.17, 15) is 0 Å². The molecule has 0 radical (unpaired) electrons. The van der Waals surface area contributed by atoms with Gasteiger partial charge in [0, 0.05) is 24.2 Å². The van der Waals surface area contributed by atoms with Crippen LogP contribution in [0.2, 0.25) is 0 Å². The first-order valence-corrected chi connectivity index (χ1v) is 7.93. The summed E-state index contributed by atoms with van der Waals surface area (Å²) in [5, 5.41) is 8.38. The van der Waals surface area contributed by atoms with Crippen LogP contribution in [0.25, 0.3) is 0 Å². The number of benzene rings is 2. The van der Waals surface area contributed by atoms with E-state index in [-0.39, 0.29) is 12.3 Å². The highest BCUT2D eigenvalue weighted by Crippen LogP contribution is 2.28. The molecule has 0 aromatic heterocycles. The van der Waals surface area contributed by atoms with Gasteiger partial charge in [0.15, 0.2) is 0 Å². The van der Waals surface area contributed by atoms with Gasteiger partial charge in [0.2, 0.25) is 0 Å². The number of nitrogens with one attached hydrogen (secondary N) is 2. The van der Waals surface area contributed by atoms with Crippen LogP contribution < -0.4 is 16.5 Å². The maximum atomic E-state index is 6.30. The minimum atomic E-state index is -0.0673. The van der Waals surface area contributed by atoms with Crippen molar-refractivity contribution in [2.24, 2.45) is 10.8 Å². The van der Waals surface area contributed by atoms with Crippen molar-refractivity contribution in [3.63, 3.8) is 0 Å². The van der Waals surface area contributed by atoms with Gasteiger partial charge in [0.25, 0.3) is 0 Å². The van der Waals surface area contributed by atoms with Crippen molar-refractivity contribution in [2.75, 3.05) is 0 Å². The Hall–Kier alpha value is -3.05. The third-order valence-electron chi connectivity index (χ3n) is 4.22. The van der Waals surface area contributed by atoms with Crippen LogP contribution in [-0.4, -0.2) is 11.2 Å². The zero-order chi connectivity index (χ0) is 16.4. The van der Waals surface area contributed by atoms with Gasteiger partial charge in [-0.2, -0.15) is 0 Å². The molecule has 2 unspecified atom stereocenters.